The quantitative estimate of drug-likeness (QED) is 0.592. The highest BCUT2D eigenvalue weighted by atomic mass is 35.5. The number of hydrogen-bond acceptors (Lipinski definition) is 2. The van der Waals surface area contributed by atoms with Crippen LogP contribution in [0, 0.1) is 15.9 Å². The van der Waals surface area contributed by atoms with E-state index in [1.807, 2.05) is 0 Å². The van der Waals surface area contributed by atoms with Crippen molar-refractivity contribution in [3.63, 3.8) is 0 Å². The first-order valence-corrected chi connectivity index (χ1v) is 5.64. The van der Waals surface area contributed by atoms with Crippen LogP contribution in [0.3, 0.4) is 0 Å². The smallest absolute Gasteiger partial charge is 0.258 e. The van der Waals surface area contributed by atoms with Crippen molar-refractivity contribution in [2.45, 2.75) is 0 Å². The molecule has 0 saturated carbocycles. The minimum atomic E-state index is -0.591. The van der Waals surface area contributed by atoms with Crippen molar-refractivity contribution in [3.8, 4) is 11.1 Å². The number of nitro benzene ring substituents is 1. The molecule has 0 bridgehead atoms. The van der Waals surface area contributed by atoms with Crippen LogP contribution in [0.1, 0.15) is 0 Å². The molecule has 0 N–H and O–H groups in total. The third-order valence-electron chi connectivity index (χ3n) is 2.38. The molecule has 0 atom stereocenters. The normalized spacial score (nSPS) is 10.4. The average Bonchev–Trinajstić information content (AvgIpc) is 2.30. The van der Waals surface area contributed by atoms with E-state index in [0.29, 0.717) is 10.6 Å². The van der Waals surface area contributed by atoms with Gasteiger partial charge in [-0.1, -0.05) is 29.3 Å². The van der Waals surface area contributed by atoms with Gasteiger partial charge in [-0.15, -0.1) is 0 Å². The highest BCUT2D eigenvalue weighted by Gasteiger charge is 2.14. The van der Waals surface area contributed by atoms with E-state index >= 15 is 0 Å². The molecule has 0 spiro atoms. The van der Waals surface area contributed by atoms with Crippen LogP contribution in [0.15, 0.2) is 36.4 Å². The topological polar surface area (TPSA) is 43.1 Å². The Labute approximate surface area is 112 Å². The zero-order valence-corrected chi connectivity index (χ0v) is 10.4. The van der Waals surface area contributed by atoms with Crippen LogP contribution in [-0.4, -0.2) is 4.92 Å². The summed E-state index contributed by atoms with van der Waals surface area (Å²) in [5.74, 6) is -0.579. The molecule has 0 amide bonds. The lowest BCUT2D eigenvalue weighted by Crippen LogP contribution is -1.91. The number of nitrogens with zero attached hydrogens (tertiary/aromatic N) is 1. The molecular weight excluding hydrogens is 280 g/mol. The summed E-state index contributed by atoms with van der Waals surface area (Å²) < 4.78 is 13.7. The summed E-state index contributed by atoms with van der Waals surface area (Å²) in [6.45, 7) is 0. The van der Waals surface area contributed by atoms with Gasteiger partial charge in [-0.3, -0.25) is 10.1 Å². The molecule has 92 valence electrons. The highest BCUT2D eigenvalue weighted by molar-refractivity contribution is 6.36. The molecule has 0 heterocycles. The second-order valence-corrected chi connectivity index (χ2v) is 4.39. The maximum atomic E-state index is 13.7. The first-order valence-electron chi connectivity index (χ1n) is 4.88. The molecule has 0 aliphatic carbocycles. The number of hydrogen-bond donors (Lipinski definition) is 0. The molecular formula is C12H6Cl2FNO2. The molecule has 2 rings (SSSR count). The highest BCUT2D eigenvalue weighted by Crippen LogP contribution is 2.33. The summed E-state index contributed by atoms with van der Waals surface area (Å²) in [4.78, 5) is 10.1. The Hall–Kier alpha value is -1.65. The van der Waals surface area contributed by atoms with Crippen LogP contribution in [-0.2, 0) is 0 Å². The van der Waals surface area contributed by atoms with Crippen LogP contribution in [0.2, 0.25) is 10.0 Å². The van der Waals surface area contributed by atoms with Crippen molar-refractivity contribution in [1.82, 2.24) is 0 Å². The molecule has 6 heteroatoms. The van der Waals surface area contributed by atoms with Gasteiger partial charge < -0.3 is 0 Å². The Bertz CT molecular complexity index is 631. The molecule has 3 nitrogen and oxygen atoms in total. The molecule has 0 unspecified atom stereocenters. The van der Waals surface area contributed by atoms with E-state index in [1.165, 1.54) is 12.1 Å². The van der Waals surface area contributed by atoms with Gasteiger partial charge in [0.2, 0.25) is 0 Å². The van der Waals surface area contributed by atoms with Gasteiger partial charge in [-0.25, -0.2) is 4.39 Å². The molecule has 2 aromatic carbocycles. The van der Waals surface area contributed by atoms with Crippen LogP contribution in [0.5, 0.6) is 0 Å². The maximum Gasteiger partial charge on any atom is 0.270 e. The summed E-state index contributed by atoms with van der Waals surface area (Å²) in [5.41, 5.74) is 0.241. The van der Waals surface area contributed by atoms with Crippen molar-refractivity contribution in [1.29, 1.82) is 0 Å². The number of nitro groups is 1. The SMILES string of the molecule is O=[N+]([O-])c1ccc(F)c(-c2ccc(Cl)cc2Cl)c1. The lowest BCUT2D eigenvalue weighted by molar-refractivity contribution is -0.384. The van der Waals surface area contributed by atoms with Gasteiger partial charge in [0.1, 0.15) is 5.82 Å². The van der Waals surface area contributed by atoms with Crippen LogP contribution in [0.25, 0.3) is 11.1 Å². The monoisotopic (exact) mass is 285 g/mol. The molecule has 0 aliphatic rings. The standard InChI is InChI=1S/C12H6Cl2FNO2/c13-7-1-3-9(11(14)5-7)10-6-8(16(17)18)2-4-12(10)15/h1-6H. The van der Waals surface area contributed by atoms with Crippen molar-refractivity contribution >= 4 is 28.9 Å². The molecule has 0 aliphatic heterocycles. The molecule has 0 saturated heterocycles. The summed E-state index contributed by atoms with van der Waals surface area (Å²) >= 11 is 11.7. The Morgan fingerprint density at radius 1 is 1.06 bits per heavy atom. The summed E-state index contributed by atoms with van der Waals surface area (Å²) in [5, 5.41) is 11.3. The van der Waals surface area contributed by atoms with Gasteiger partial charge in [0.05, 0.1) is 4.92 Å². The van der Waals surface area contributed by atoms with Gasteiger partial charge in [-0.2, -0.15) is 0 Å². The van der Waals surface area contributed by atoms with Gasteiger partial charge >= 0.3 is 0 Å². The van der Waals surface area contributed by atoms with E-state index < -0.39 is 10.7 Å². The third-order valence-corrected chi connectivity index (χ3v) is 2.93. The van der Waals surface area contributed by atoms with Crippen molar-refractivity contribution in [2.24, 2.45) is 0 Å². The molecule has 18 heavy (non-hydrogen) atoms. The second kappa shape index (κ2) is 4.92. The van der Waals surface area contributed by atoms with E-state index in [9.17, 15) is 14.5 Å². The summed E-state index contributed by atoms with van der Waals surface area (Å²) in [6.07, 6.45) is 0. The number of rotatable bonds is 2. The van der Waals surface area contributed by atoms with E-state index in [1.54, 1.807) is 6.07 Å². The zero-order chi connectivity index (χ0) is 13.3. The Morgan fingerprint density at radius 3 is 2.39 bits per heavy atom. The van der Waals surface area contributed by atoms with Crippen LogP contribution < -0.4 is 0 Å². The Kier molecular flexibility index (Phi) is 3.50. The van der Waals surface area contributed by atoms with Crippen molar-refractivity contribution in [3.05, 3.63) is 62.4 Å². The lowest BCUT2D eigenvalue weighted by Gasteiger charge is -2.06. The fourth-order valence-corrected chi connectivity index (χ4v) is 2.05. The van der Waals surface area contributed by atoms with Gasteiger partial charge in [0.15, 0.2) is 0 Å². The predicted molar refractivity (Wildman–Crippen MR) is 68.5 cm³/mol. The van der Waals surface area contributed by atoms with E-state index in [2.05, 4.69) is 0 Å². The lowest BCUT2D eigenvalue weighted by atomic mass is 10.0. The minimum absolute atomic E-state index is 0.0749. The largest absolute Gasteiger partial charge is 0.270 e. The predicted octanol–water partition coefficient (Wildman–Crippen LogP) is 4.71. The van der Waals surface area contributed by atoms with Crippen molar-refractivity contribution < 1.29 is 9.31 Å². The number of benzene rings is 2. The fourth-order valence-electron chi connectivity index (χ4n) is 1.54. The molecule has 0 aromatic heterocycles. The Balaban J connectivity index is 2.62. The molecule has 0 fully saturated rings. The second-order valence-electron chi connectivity index (χ2n) is 3.55. The van der Waals surface area contributed by atoms with Crippen LogP contribution >= 0.6 is 23.2 Å². The van der Waals surface area contributed by atoms with Crippen LogP contribution in [0.4, 0.5) is 10.1 Å². The van der Waals surface area contributed by atoms with Gasteiger partial charge in [0.25, 0.3) is 5.69 Å². The molecule has 0 radical (unpaired) electrons. The van der Waals surface area contributed by atoms with Gasteiger partial charge in [0, 0.05) is 33.3 Å². The number of halogens is 3. The van der Waals surface area contributed by atoms with Crippen molar-refractivity contribution in [2.75, 3.05) is 0 Å². The number of non-ortho nitro benzene ring substituents is 1. The first kappa shape index (κ1) is 12.8. The zero-order valence-electron chi connectivity index (χ0n) is 8.86. The Morgan fingerprint density at radius 2 is 1.78 bits per heavy atom. The maximum absolute atomic E-state index is 13.7. The molecule has 2 aromatic rings. The van der Waals surface area contributed by atoms with Gasteiger partial charge in [-0.05, 0) is 18.2 Å². The van der Waals surface area contributed by atoms with E-state index in [4.69, 9.17) is 23.2 Å². The average molecular weight is 286 g/mol. The summed E-state index contributed by atoms with van der Waals surface area (Å²) in [7, 11) is 0. The van der Waals surface area contributed by atoms with E-state index in [0.717, 1.165) is 18.2 Å². The summed E-state index contributed by atoms with van der Waals surface area (Å²) in [6, 6.07) is 7.80. The first-order chi connectivity index (χ1) is 8.49. The third kappa shape index (κ3) is 2.44. The fraction of sp³-hybridized carbons (Fsp3) is 0. The minimum Gasteiger partial charge on any atom is -0.258 e. The van der Waals surface area contributed by atoms with E-state index in [-0.39, 0.29) is 16.3 Å².